The monoisotopic (exact) mass is 380 g/mol. The van der Waals surface area contributed by atoms with Gasteiger partial charge in [0.25, 0.3) is 5.91 Å². The number of hydrogen-bond acceptors (Lipinski definition) is 6. The zero-order chi connectivity index (χ0) is 19.7. The van der Waals surface area contributed by atoms with Gasteiger partial charge in [-0.15, -0.1) is 0 Å². The molecule has 2 aromatic carbocycles. The number of esters is 1. The van der Waals surface area contributed by atoms with Crippen molar-refractivity contribution >= 4 is 40.1 Å². The standard InChI is InChI=1S/C19H16N4O5/c1-27-19(26)18-12-8-11(6-7-13(12)21-22-18)20-16(24)9-23-14-4-2-3-5-15(14)28-10-17(23)25/h2-8H,9-10H2,1H3,(H,20,24)(H,21,22). The Morgan fingerprint density at radius 1 is 1.29 bits per heavy atom. The zero-order valence-corrected chi connectivity index (χ0v) is 14.9. The Morgan fingerprint density at radius 3 is 2.93 bits per heavy atom. The first-order valence-corrected chi connectivity index (χ1v) is 8.45. The van der Waals surface area contributed by atoms with E-state index in [-0.39, 0.29) is 30.7 Å². The van der Waals surface area contributed by atoms with Crippen LogP contribution < -0.4 is 15.0 Å². The fraction of sp³-hybridized carbons (Fsp3) is 0.158. The first-order valence-electron chi connectivity index (χ1n) is 8.45. The number of para-hydroxylation sites is 2. The summed E-state index contributed by atoms with van der Waals surface area (Å²) in [6, 6.07) is 12.0. The molecular formula is C19H16N4O5. The van der Waals surface area contributed by atoms with Gasteiger partial charge in [0.1, 0.15) is 12.3 Å². The molecule has 2 heterocycles. The Bertz CT molecular complexity index is 1090. The van der Waals surface area contributed by atoms with Crippen LogP contribution in [0.4, 0.5) is 11.4 Å². The Balaban J connectivity index is 1.54. The van der Waals surface area contributed by atoms with Gasteiger partial charge in [0.15, 0.2) is 12.3 Å². The van der Waals surface area contributed by atoms with E-state index in [1.54, 1.807) is 42.5 Å². The van der Waals surface area contributed by atoms with Crippen LogP contribution in [-0.4, -0.2) is 48.2 Å². The quantitative estimate of drug-likeness (QED) is 0.666. The van der Waals surface area contributed by atoms with E-state index in [1.165, 1.54) is 12.0 Å². The second-order valence-electron chi connectivity index (χ2n) is 6.11. The molecule has 0 aliphatic carbocycles. The van der Waals surface area contributed by atoms with Crippen molar-refractivity contribution in [2.75, 3.05) is 30.5 Å². The SMILES string of the molecule is COC(=O)c1n[nH]c2ccc(NC(=O)CN3C(=O)COc4ccccc43)cc12. The summed E-state index contributed by atoms with van der Waals surface area (Å²) in [5, 5.41) is 9.94. The molecule has 0 bridgehead atoms. The lowest BCUT2D eigenvalue weighted by molar-refractivity contribution is -0.123. The van der Waals surface area contributed by atoms with Crippen molar-refractivity contribution in [2.45, 2.75) is 0 Å². The minimum atomic E-state index is -0.578. The van der Waals surface area contributed by atoms with E-state index in [9.17, 15) is 14.4 Å². The van der Waals surface area contributed by atoms with Crippen LogP contribution in [0.1, 0.15) is 10.5 Å². The van der Waals surface area contributed by atoms with Crippen molar-refractivity contribution in [3.63, 3.8) is 0 Å². The smallest absolute Gasteiger partial charge is 0.359 e. The molecule has 0 atom stereocenters. The molecule has 0 unspecified atom stereocenters. The van der Waals surface area contributed by atoms with Crippen LogP contribution in [0.5, 0.6) is 5.75 Å². The van der Waals surface area contributed by atoms with E-state index in [0.29, 0.717) is 28.0 Å². The van der Waals surface area contributed by atoms with E-state index in [2.05, 4.69) is 15.5 Å². The van der Waals surface area contributed by atoms with Gasteiger partial charge >= 0.3 is 5.97 Å². The highest BCUT2D eigenvalue weighted by atomic mass is 16.5. The van der Waals surface area contributed by atoms with Crippen LogP contribution in [0.15, 0.2) is 42.5 Å². The normalized spacial score (nSPS) is 13.0. The van der Waals surface area contributed by atoms with Crippen molar-refractivity contribution in [1.29, 1.82) is 0 Å². The van der Waals surface area contributed by atoms with Crippen molar-refractivity contribution in [1.82, 2.24) is 10.2 Å². The second-order valence-corrected chi connectivity index (χ2v) is 6.11. The maximum Gasteiger partial charge on any atom is 0.359 e. The van der Waals surface area contributed by atoms with Crippen LogP contribution in [-0.2, 0) is 14.3 Å². The molecule has 4 rings (SSSR count). The van der Waals surface area contributed by atoms with E-state index in [4.69, 9.17) is 9.47 Å². The van der Waals surface area contributed by atoms with E-state index in [0.717, 1.165) is 0 Å². The number of anilines is 2. The van der Waals surface area contributed by atoms with E-state index < -0.39 is 5.97 Å². The third kappa shape index (κ3) is 3.13. The lowest BCUT2D eigenvalue weighted by atomic mass is 10.2. The molecule has 0 fully saturated rings. The van der Waals surface area contributed by atoms with Crippen LogP contribution in [0.25, 0.3) is 10.9 Å². The number of carbonyl (C=O) groups is 3. The summed E-state index contributed by atoms with van der Waals surface area (Å²) in [5.41, 5.74) is 1.78. The molecule has 0 spiro atoms. The summed E-state index contributed by atoms with van der Waals surface area (Å²) in [5.74, 6) is -0.706. The van der Waals surface area contributed by atoms with Crippen LogP contribution >= 0.6 is 0 Å². The molecule has 1 aliphatic heterocycles. The number of nitrogens with one attached hydrogen (secondary N) is 2. The number of amides is 2. The van der Waals surface area contributed by atoms with Crippen LogP contribution in [0.2, 0.25) is 0 Å². The number of benzene rings is 2. The first kappa shape index (κ1) is 17.5. The van der Waals surface area contributed by atoms with E-state index in [1.807, 2.05) is 0 Å². The molecule has 1 aromatic heterocycles. The molecule has 2 N–H and O–H groups in total. The fourth-order valence-corrected chi connectivity index (χ4v) is 3.02. The topological polar surface area (TPSA) is 114 Å². The van der Waals surface area contributed by atoms with Gasteiger partial charge in [-0.1, -0.05) is 12.1 Å². The molecule has 3 aromatic rings. The number of H-pyrrole nitrogens is 1. The number of carbonyl (C=O) groups excluding carboxylic acids is 3. The molecule has 28 heavy (non-hydrogen) atoms. The summed E-state index contributed by atoms with van der Waals surface area (Å²) >= 11 is 0. The van der Waals surface area contributed by atoms with Crippen molar-refractivity contribution in [3.8, 4) is 5.75 Å². The lowest BCUT2D eigenvalue weighted by Crippen LogP contribution is -2.43. The van der Waals surface area contributed by atoms with Gasteiger partial charge in [-0.25, -0.2) is 4.79 Å². The number of aromatic nitrogens is 2. The molecule has 142 valence electrons. The highest BCUT2D eigenvalue weighted by Crippen LogP contribution is 2.31. The van der Waals surface area contributed by atoms with Crippen molar-refractivity contribution in [3.05, 3.63) is 48.2 Å². The van der Waals surface area contributed by atoms with Crippen molar-refractivity contribution < 1.29 is 23.9 Å². The molecule has 9 nitrogen and oxygen atoms in total. The number of hydrogen-bond donors (Lipinski definition) is 2. The summed E-state index contributed by atoms with van der Waals surface area (Å²) in [6.45, 7) is -0.278. The van der Waals surface area contributed by atoms with Gasteiger partial charge in [-0.05, 0) is 30.3 Å². The maximum absolute atomic E-state index is 12.5. The Kier molecular flexibility index (Phi) is 4.40. The highest BCUT2D eigenvalue weighted by molar-refractivity contribution is 6.06. The highest BCUT2D eigenvalue weighted by Gasteiger charge is 2.27. The molecule has 1 aliphatic rings. The fourth-order valence-electron chi connectivity index (χ4n) is 3.02. The van der Waals surface area contributed by atoms with Crippen LogP contribution in [0.3, 0.4) is 0 Å². The van der Waals surface area contributed by atoms with Gasteiger partial charge in [-0.3, -0.25) is 19.6 Å². The predicted molar refractivity (Wildman–Crippen MR) is 100 cm³/mol. The first-order chi connectivity index (χ1) is 13.6. The number of nitrogens with zero attached hydrogens (tertiary/aromatic N) is 2. The third-order valence-corrected chi connectivity index (χ3v) is 4.34. The second kappa shape index (κ2) is 7.03. The Labute approximate surface area is 159 Å². The number of methoxy groups -OCH3 is 1. The average molecular weight is 380 g/mol. The maximum atomic E-state index is 12.5. The van der Waals surface area contributed by atoms with Gasteiger partial charge in [-0.2, -0.15) is 5.10 Å². The van der Waals surface area contributed by atoms with Gasteiger partial charge in [0.05, 0.1) is 18.3 Å². The molecule has 9 heteroatoms. The molecule has 0 saturated carbocycles. The molecule has 2 amide bonds. The minimum Gasteiger partial charge on any atom is -0.482 e. The largest absolute Gasteiger partial charge is 0.482 e. The third-order valence-electron chi connectivity index (χ3n) is 4.34. The van der Waals surface area contributed by atoms with Gasteiger partial charge < -0.3 is 14.8 Å². The zero-order valence-electron chi connectivity index (χ0n) is 14.9. The molecular weight excluding hydrogens is 364 g/mol. The van der Waals surface area contributed by atoms with Gasteiger partial charge in [0.2, 0.25) is 5.91 Å². The van der Waals surface area contributed by atoms with Crippen LogP contribution in [0, 0.1) is 0 Å². The van der Waals surface area contributed by atoms with Crippen molar-refractivity contribution in [2.24, 2.45) is 0 Å². The predicted octanol–water partition coefficient (Wildman–Crippen LogP) is 1.71. The Morgan fingerprint density at radius 2 is 2.11 bits per heavy atom. The van der Waals surface area contributed by atoms with E-state index >= 15 is 0 Å². The number of rotatable bonds is 4. The Hall–Kier alpha value is -3.88. The molecule has 0 radical (unpaired) electrons. The summed E-state index contributed by atoms with van der Waals surface area (Å²) in [7, 11) is 1.27. The number of fused-ring (bicyclic) bond motifs is 2. The summed E-state index contributed by atoms with van der Waals surface area (Å²) in [4.78, 5) is 37.9. The number of ether oxygens (including phenoxy) is 2. The van der Waals surface area contributed by atoms with Gasteiger partial charge in [0, 0.05) is 11.1 Å². The average Bonchev–Trinajstić information content (AvgIpc) is 3.13. The number of aromatic amines is 1. The minimum absolute atomic E-state index is 0.117. The summed E-state index contributed by atoms with van der Waals surface area (Å²) < 4.78 is 10.1. The lowest BCUT2D eigenvalue weighted by Gasteiger charge is -2.28. The summed E-state index contributed by atoms with van der Waals surface area (Å²) in [6.07, 6.45) is 0. The molecule has 0 saturated heterocycles.